The second kappa shape index (κ2) is 9.07. The monoisotopic (exact) mass is 422 g/mol. The van der Waals surface area contributed by atoms with Gasteiger partial charge in [-0.3, -0.25) is 4.79 Å². The summed E-state index contributed by atoms with van der Waals surface area (Å²) < 4.78 is 40.0. The van der Waals surface area contributed by atoms with Gasteiger partial charge in [0.05, 0.1) is 4.90 Å². The van der Waals surface area contributed by atoms with Crippen LogP contribution >= 0.6 is 11.8 Å². The van der Waals surface area contributed by atoms with Crippen molar-refractivity contribution in [3.63, 3.8) is 0 Å². The quantitative estimate of drug-likeness (QED) is 0.717. The van der Waals surface area contributed by atoms with Crippen molar-refractivity contribution < 1.29 is 17.6 Å². The first kappa shape index (κ1) is 20.8. The Bertz CT molecular complexity index is 925. The average Bonchev–Trinajstić information content (AvgIpc) is 2.72. The Morgan fingerprint density at radius 3 is 2.36 bits per heavy atom. The number of halogens is 1. The lowest BCUT2D eigenvalue weighted by Gasteiger charge is -2.34. The lowest BCUT2D eigenvalue weighted by Crippen LogP contribution is -2.50. The summed E-state index contributed by atoms with van der Waals surface area (Å²) in [5, 5.41) is 0. The minimum atomic E-state index is -3.76. The molecule has 3 rings (SSSR count). The van der Waals surface area contributed by atoms with Gasteiger partial charge in [-0.25, -0.2) is 12.8 Å². The number of nitrogens with zero attached hydrogens (tertiary/aromatic N) is 2. The second-order valence-electron chi connectivity index (χ2n) is 6.49. The highest BCUT2D eigenvalue weighted by atomic mass is 32.2. The molecule has 0 spiro atoms. The fourth-order valence-corrected chi connectivity index (χ4v) is 5.14. The topological polar surface area (TPSA) is 57.7 Å². The van der Waals surface area contributed by atoms with Gasteiger partial charge in [0.2, 0.25) is 10.0 Å². The number of thioether (sulfide) groups is 1. The number of hydrogen-bond acceptors (Lipinski definition) is 4. The summed E-state index contributed by atoms with van der Waals surface area (Å²) in [6.45, 7) is 3.10. The number of sulfonamides is 1. The molecule has 1 heterocycles. The molecular weight excluding hydrogens is 399 g/mol. The smallest absolute Gasteiger partial charge is 0.253 e. The molecule has 8 heteroatoms. The van der Waals surface area contributed by atoms with Gasteiger partial charge in [-0.1, -0.05) is 25.1 Å². The first-order valence-corrected chi connectivity index (χ1v) is 11.7. The predicted octanol–water partition coefficient (Wildman–Crippen LogP) is 3.23. The second-order valence-corrected chi connectivity index (χ2v) is 9.70. The van der Waals surface area contributed by atoms with Crippen molar-refractivity contribution in [2.75, 3.05) is 31.9 Å². The van der Waals surface area contributed by atoms with Crippen molar-refractivity contribution in [2.24, 2.45) is 0 Å². The van der Waals surface area contributed by atoms with E-state index in [2.05, 4.69) is 6.92 Å². The largest absolute Gasteiger partial charge is 0.336 e. The molecule has 150 valence electrons. The molecule has 1 fully saturated rings. The lowest BCUT2D eigenvalue weighted by molar-refractivity contribution is 0.0698. The number of hydrogen-bond donors (Lipinski definition) is 0. The third-order valence-electron chi connectivity index (χ3n) is 4.63. The van der Waals surface area contributed by atoms with E-state index in [4.69, 9.17) is 0 Å². The van der Waals surface area contributed by atoms with Gasteiger partial charge in [0.15, 0.2) is 0 Å². The molecule has 0 unspecified atom stereocenters. The Morgan fingerprint density at radius 1 is 1.07 bits per heavy atom. The number of amides is 1. The predicted molar refractivity (Wildman–Crippen MR) is 109 cm³/mol. The first-order valence-electron chi connectivity index (χ1n) is 9.13. The minimum absolute atomic E-state index is 0.0622. The molecule has 0 bridgehead atoms. The van der Waals surface area contributed by atoms with Gasteiger partial charge in [0, 0.05) is 37.5 Å². The lowest BCUT2D eigenvalue weighted by atomic mass is 10.1. The van der Waals surface area contributed by atoms with Gasteiger partial charge in [0.1, 0.15) is 5.82 Å². The van der Waals surface area contributed by atoms with E-state index in [1.54, 1.807) is 4.90 Å². The van der Waals surface area contributed by atoms with Crippen LogP contribution in [0.25, 0.3) is 0 Å². The third kappa shape index (κ3) is 4.74. The van der Waals surface area contributed by atoms with E-state index < -0.39 is 15.8 Å². The molecule has 0 radical (unpaired) electrons. The van der Waals surface area contributed by atoms with Crippen molar-refractivity contribution in [3.8, 4) is 0 Å². The Hall–Kier alpha value is -1.90. The van der Waals surface area contributed by atoms with Crippen molar-refractivity contribution >= 4 is 27.7 Å². The molecule has 0 saturated carbocycles. The van der Waals surface area contributed by atoms with Crippen LogP contribution in [0.15, 0.2) is 53.4 Å². The van der Waals surface area contributed by atoms with Crippen LogP contribution in [0.1, 0.15) is 22.8 Å². The van der Waals surface area contributed by atoms with Gasteiger partial charge in [-0.15, -0.1) is 0 Å². The van der Waals surface area contributed by atoms with Crippen LogP contribution in [0.4, 0.5) is 4.39 Å². The van der Waals surface area contributed by atoms with E-state index in [-0.39, 0.29) is 23.9 Å². The van der Waals surface area contributed by atoms with E-state index in [1.807, 2.05) is 36.0 Å². The van der Waals surface area contributed by atoms with Gasteiger partial charge in [-0.2, -0.15) is 16.1 Å². The Balaban J connectivity index is 1.62. The van der Waals surface area contributed by atoms with Crippen molar-refractivity contribution in [3.05, 3.63) is 65.5 Å². The highest BCUT2D eigenvalue weighted by Crippen LogP contribution is 2.20. The van der Waals surface area contributed by atoms with Gasteiger partial charge in [-0.05, 0) is 41.6 Å². The normalized spacial score (nSPS) is 15.6. The number of piperazine rings is 1. The maximum absolute atomic E-state index is 13.4. The summed E-state index contributed by atoms with van der Waals surface area (Å²) >= 11 is 1.82. The van der Waals surface area contributed by atoms with Crippen LogP contribution in [0.2, 0.25) is 0 Å². The van der Waals surface area contributed by atoms with Gasteiger partial charge < -0.3 is 4.90 Å². The van der Waals surface area contributed by atoms with E-state index >= 15 is 0 Å². The molecule has 5 nitrogen and oxygen atoms in total. The first-order chi connectivity index (χ1) is 13.4. The molecule has 0 N–H and O–H groups in total. The summed E-state index contributed by atoms with van der Waals surface area (Å²) in [5.41, 5.74) is 1.78. The molecule has 1 aliphatic heterocycles. The molecule has 1 amide bonds. The Labute approximate surface area is 169 Å². The SMILES string of the molecule is CCSCc1ccc(C(=O)N2CCN(S(=O)(=O)c3cccc(F)c3)CC2)cc1. The standard InChI is InChI=1S/C20H23FN2O3S2/c1-2-27-15-16-6-8-17(9-7-16)20(24)22-10-12-23(13-11-22)28(25,26)19-5-3-4-18(21)14-19/h3-9,14H,2,10-13,15H2,1H3. The van der Waals surface area contributed by atoms with Crippen molar-refractivity contribution in [2.45, 2.75) is 17.6 Å². The highest BCUT2D eigenvalue weighted by molar-refractivity contribution is 7.98. The number of carbonyl (C=O) groups is 1. The molecule has 0 aliphatic carbocycles. The van der Waals surface area contributed by atoms with Crippen LogP contribution in [0, 0.1) is 5.82 Å². The number of rotatable bonds is 6. The number of carbonyl (C=O) groups excluding carboxylic acids is 1. The van der Waals surface area contributed by atoms with Crippen LogP contribution in [0.5, 0.6) is 0 Å². The summed E-state index contributed by atoms with van der Waals surface area (Å²) in [5.74, 6) is 1.28. The summed E-state index contributed by atoms with van der Waals surface area (Å²) in [4.78, 5) is 14.3. The maximum Gasteiger partial charge on any atom is 0.253 e. The molecular formula is C20H23FN2O3S2. The van der Waals surface area contributed by atoms with Crippen LogP contribution in [0.3, 0.4) is 0 Å². The highest BCUT2D eigenvalue weighted by Gasteiger charge is 2.30. The van der Waals surface area contributed by atoms with Crippen LogP contribution < -0.4 is 0 Å². The minimum Gasteiger partial charge on any atom is -0.336 e. The molecule has 0 aromatic heterocycles. The molecule has 1 saturated heterocycles. The molecule has 1 aliphatic rings. The Morgan fingerprint density at radius 2 is 1.75 bits per heavy atom. The molecule has 28 heavy (non-hydrogen) atoms. The third-order valence-corrected chi connectivity index (χ3v) is 7.47. The summed E-state index contributed by atoms with van der Waals surface area (Å²) in [6.07, 6.45) is 0. The maximum atomic E-state index is 13.4. The summed E-state index contributed by atoms with van der Waals surface area (Å²) in [7, 11) is -3.76. The fourth-order valence-electron chi connectivity index (χ4n) is 3.05. The van der Waals surface area contributed by atoms with Crippen molar-refractivity contribution in [1.29, 1.82) is 0 Å². The zero-order valence-corrected chi connectivity index (χ0v) is 17.3. The molecule has 2 aromatic rings. The molecule has 0 atom stereocenters. The van der Waals surface area contributed by atoms with E-state index in [9.17, 15) is 17.6 Å². The van der Waals surface area contributed by atoms with Crippen LogP contribution in [-0.4, -0.2) is 55.5 Å². The zero-order valence-electron chi connectivity index (χ0n) is 15.7. The fraction of sp³-hybridized carbons (Fsp3) is 0.350. The summed E-state index contributed by atoms with van der Waals surface area (Å²) in [6, 6.07) is 12.6. The van der Waals surface area contributed by atoms with Crippen LogP contribution in [-0.2, 0) is 15.8 Å². The zero-order chi connectivity index (χ0) is 20.1. The van der Waals surface area contributed by atoms with E-state index in [1.165, 1.54) is 28.1 Å². The average molecular weight is 423 g/mol. The Kier molecular flexibility index (Phi) is 6.74. The van der Waals surface area contributed by atoms with E-state index in [0.717, 1.165) is 17.6 Å². The number of benzene rings is 2. The van der Waals surface area contributed by atoms with Crippen molar-refractivity contribution in [1.82, 2.24) is 9.21 Å². The molecule has 2 aromatic carbocycles. The van der Waals surface area contributed by atoms with Gasteiger partial charge >= 0.3 is 0 Å². The van der Waals surface area contributed by atoms with E-state index in [0.29, 0.717) is 18.7 Å². The van der Waals surface area contributed by atoms with Gasteiger partial charge in [0.25, 0.3) is 5.91 Å².